The number of esters is 1. The van der Waals surface area contributed by atoms with Gasteiger partial charge in [-0.1, -0.05) is 6.07 Å². The van der Waals surface area contributed by atoms with E-state index in [2.05, 4.69) is 4.98 Å². The van der Waals surface area contributed by atoms with Crippen molar-refractivity contribution in [3.8, 4) is 0 Å². The van der Waals surface area contributed by atoms with Crippen LogP contribution in [0.2, 0.25) is 0 Å². The van der Waals surface area contributed by atoms with Crippen LogP contribution in [0, 0.1) is 0 Å². The molecule has 1 aromatic heterocycles. The number of aliphatic hydroxyl groups is 1. The molecule has 0 aromatic carbocycles. The largest absolute Gasteiger partial charge is 0.458 e. The molecular formula is C13H17NO3. The first-order chi connectivity index (χ1) is 8.08. The van der Waals surface area contributed by atoms with Crippen molar-refractivity contribution in [1.29, 1.82) is 0 Å². The fourth-order valence-electron chi connectivity index (χ4n) is 2.01. The maximum Gasteiger partial charge on any atom is 0.357 e. The summed E-state index contributed by atoms with van der Waals surface area (Å²) in [5, 5.41) is 9.83. The molecule has 1 aliphatic rings. The van der Waals surface area contributed by atoms with Crippen molar-refractivity contribution >= 4 is 5.97 Å². The van der Waals surface area contributed by atoms with E-state index >= 15 is 0 Å². The summed E-state index contributed by atoms with van der Waals surface area (Å²) in [6.07, 6.45) is 1.88. The van der Waals surface area contributed by atoms with Crippen molar-refractivity contribution < 1.29 is 14.6 Å². The van der Waals surface area contributed by atoms with Crippen molar-refractivity contribution in [2.45, 2.75) is 45.3 Å². The van der Waals surface area contributed by atoms with E-state index in [1.54, 1.807) is 19.9 Å². The Morgan fingerprint density at radius 2 is 2.29 bits per heavy atom. The van der Waals surface area contributed by atoms with Crippen molar-refractivity contribution in [1.82, 2.24) is 4.98 Å². The average molecular weight is 235 g/mol. The van der Waals surface area contributed by atoms with Gasteiger partial charge in [0.25, 0.3) is 0 Å². The van der Waals surface area contributed by atoms with Crippen LogP contribution in [0.15, 0.2) is 12.1 Å². The highest BCUT2D eigenvalue weighted by Gasteiger charge is 2.21. The van der Waals surface area contributed by atoms with E-state index in [1.165, 1.54) is 0 Å². The number of ether oxygens (including phenoxy) is 1. The Bertz CT molecular complexity index is 429. The quantitative estimate of drug-likeness (QED) is 0.797. The summed E-state index contributed by atoms with van der Waals surface area (Å²) in [7, 11) is 0. The lowest BCUT2D eigenvalue weighted by Gasteiger charge is -2.20. The van der Waals surface area contributed by atoms with Crippen LogP contribution in [0.1, 0.15) is 54.5 Å². The van der Waals surface area contributed by atoms with E-state index < -0.39 is 12.1 Å². The Balaban J connectivity index is 2.26. The number of nitrogens with zero attached hydrogens (tertiary/aromatic N) is 1. The molecule has 0 radical (unpaired) electrons. The maximum absolute atomic E-state index is 11.7. The van der Waals surface area contributed by atoms with E-state index in [1.807, 2.05) is 6.07 Å². The molecule has 0 fully saturated rings. The van der Waals surface area contributed by atoms with Crippen molar-refractivity contribution in [3.05, 3.63) is 29.1 Å². The van der Waals surface area contributed by atoms with Crippen LogP contribution >= 0.6 is 0 Å². The van der Waals surface area contributed by atoms with Crippen molar-refractivity contribution in [3.63, 3.8) is 0 Å². The van der Waals surface area contributed by atoms with E-state index in [0.29, 0.717) is 12.1 Å². The molecule has 0 aliphatic heterocycles. The molecule has 4 heteroatoms. The minimum atomic E-state index is -0.550. The van der Waals surface area contributed by atoms with Crippen LogP contribution in [-0.2, 0) is 11.2 Å². The second-order valence-corrected chi connectivity index (χ2v) is 4.60. The third kappa shape index (κ3) is 2.64. The van der Waals surface area contributed by atoms with Gasteiger partial charge in [0.1, 0.15) is 5.69 Å². The SMILES string of the molecule is CC(C)OC(=O)c1ccc2c(n1)C(O)CCC2. The number of aryl methyl sites for hydroxylation is 1. The normalized spacial score (nSPS) is 18.9. The third-order valence-electron chi connectivity index (χ3n) is 2.80. The van der Waals surface area contributed by atoms with Gasteiger partial charge in [-0.05, 0) is 44.7 Å². The number of carbonyl (C=O) groups excluding carboxylic acids is 1. The van der Waals surface area contributed by atoms with Gasteiger partial charge < -0.3 is 9.84 Å². The van der Waals surface area contributed by atoms with Gasteiger partial charge >= 0.3 is 5.97 Å². The number of fused-ring (bicyclic) bond motifs is 1. The first kappa shape index (κ1) is 12.0. The van der Waals surface area contributed by atoms with E-state index in [-0.39, 0.29) is 11.8 Å². The first-order valence-electron chi connectivity index (χ1n) is 5.97. The Hall–Kier alpha value is -1.42. The molecule has 0 saturated heterocycles. The third-order valence-corrected chi connectivity index (χ3v) is 2.80. The molecule has 1 N–H and O–H groups in total. The fraction of sp³-hybridized carbons (Fsp3) is 0.538. The molecule has 1 atom stereocenters. The van der Waals surface area contributed by atoms with Crippen molar-refractivity contribution in [2.75, 3.05) is 0 Å². The molecule has 92 valence electrons. The Labute approximate surface area is 101 Å². The van der Waals surface area contributed by atoms with Gasteiger partial charge in [0.05, 0.1) is 17.9 Å². The smallest absolute Gasteiger partial charge is 0.357 e. The predicted octanol–water partition coefficient (Wildman–Crippen LogP) is 2.02. The summed E-state index contributed by atoms with van der Waals surface area (Å²) >= 11 is 0. The van der Waals surface area contributed by atoms with Gasteiger partial charge in [-0.25, -0.2) is 9.78 Å². The van der Waals surface area contributed by atoms with Crippen molar-refractivity contribution in [2.24, 2.45) is 0 Å². The lowest BCUT2D eigenvalue weighted by molar-refractivity contribution is 0.0369. The second kappa shape index (κ2) is 4.84. The minimum absolute atomic E-state index is 0.162. The molecule has 2 rings (SSSR count). The Morgan fingerprint density at radius 3 is 3.00 bits per heavy atom. The standard InChI is InChI=1S/C13H17NO3/c1-8(2)17-13(16)10-7-6-9-4-3-5-11(15)12(9)14-10/h6-8,11,15H,3-5H2,1-2H3. The van der Waals surface area contributed by atoms with Gasteiger partial charge in [0.15, 0.2) is 0 Å². The highest BCUT2D eigenvalue weighted by Crippen LogP contribution is 2.28. The summed E-state index contributed by atoms with van der Waals surface area (Å²) in [6.45, 7) is 3.59. The van der Waals surface area contributed by atoms with Crippen LogP contribution in [0.4, 0.5) is 0 Å². The van der Waals surface area contributed by atoms with Crippen LogP contribution < -0.4 is 0 Å². The van der Waals surface area contributed by atoms with E-state index in [0.717, 1.165) is 18.4 Å². The van der Waals surface area contributed by atoms with Crippen LogP contribution in [-0.4, -0.2) is 22.2 Å². The zero-order chi connectivity index (χ0) is 12.4. The highest BCUT2D eigenvalue weighted by molar-refractivity contribution is 5.87. The average Bonchev–Trinajstić information content (AvgIpc) is 2.28. The lowest BCUT2D eigenvalue weighted by Crippen LogP contribution is -2.17. The summed E-state index contributed by atoms with van der Waals surface area (Å²) in [5.41, 5.74) is 1.94. The van der Waals surface area contributed by atoms with Gasteiger partial charge in [0, 0.05) is 0 Å². The highest BCUT2D eigenvalue weighted by atomic mass is 16.5. The zero-order valence-electron chi connectivity index (χ0n) is 10.1. The Morgan fingerprint density at radius 1 is 1.53 bits per heavy atom. The maximum atomic E-state index is 11.7. The number of rotatable bonds is 2. The molecule has 0 amide bonds. The molecule has 17 heavy (non-hydrogen) atoms. The Kier molecular flexibility index (Phi) is 3.43. The van der Waals surface area contributed by atoms with Crippen LogP contribution in [0.25, 0.3) is 0 Å². The first-order valence-corrected chi connectivity index (χ1v) is 5.97. The summed E-state index contributed by atoms with van der Waals surface area (Å²) in [4.78, 5) is 15.9. The lowest BCUT2D eigenvalue weighted by atomic mass is 9.93. The number of pyridine rings is 1. The predicted molar refractivity (Wildman–Crippen MR) is 62.7 cm³/mol. The number of hydrogen-bond donors (Lipinski definition) is 1. The molecule has 4 nitrogen and oxygen atoms in total. The molecule has 1 unspecified atom stereocenters. The molecule has 1 aromatic rings. The number of hydrogen-bond acceptors (Lipinski definition) is 4. The van der Waals surface area contributed by atoms with Gasteiger partial charge in [-0.15, -0.1) is 0 Å². The fourth-order valence-corrected chi connectivity index (χ4v) is 2.01. The number of aromatic nitrogens is 1. The summed E-state index contributed by atoms with van der Waals surface area (Å²) in [5.74, 6) is -0.430. The van der Waals surface area contributed by atoms with E-state index in [9.17, 15) is 9.90 Å². The molecule has 0 spiro atoms. The summed E-state index contributed by atoms with van der Waals surface area (Å²) in [6, 6.07) is 3.53. The minimum Gasteiger partial charge on any atom is -0.458 e. The zero-order valence-corrected chi connectivity index (χ0v) is 10.1. The molecular weight excluding hydrogens is 218 g/mol. The summed E-state index contributed by atoms with van der Waals surface area (Å²) < 4.78 is 5.08. The molecule has 1 aliphatic carbocycles. The number of aliphatic hydroxyl groups excluding tert-OH is 1. The molecule has 0 saturated carbocycles. The van der Waals surface area contributed by atoms with E-state index in [4.69, 9.17) is 4.74 Å². The molecule has 1 heterocycles. The molecule has 0 bridgehead atoms. The van der Waals surface area contributed by atoms with Crippen LogP contribution in [0.3, 0.4) is 0 Å². The number of carbonyl (C=O) groups is 1. The van der Waals surface area contributed by atoms with Gasteiger partial charge in [-0.2, -0.15) is 0 Å². The topological polar surface area (TPSA) is 59.4 Å². The monoisotopic (exact) mass is 235 g/mol. The van der Waals surface area contributed by atoms with Gasteiger partial charge in [0.2, 0.25) is 0 Å². The van der Waals surface area contributed by atoms with Crippen LogP contribution in [0.5, 0.6) is 0 Å². The second-order valence-electron chi connectivity index (χ2n) is 4.60. The van der Waals surface area contributed by atoms with Gasteiger partial charge in [-0.3, -0.25) is 0 Å².